The molecule has 0 aliphatic heterocycles. The van der Waals surface area contributed by atoms with Crippen molar-refractivity contribution in [2.24, 2.45) is 5.41 Å². The van der Waals surface area contributed by atoms with Crippen LogP contribution in [0.1, 0.15) is 32.4 Å². The first-order valence-corrected chi connectivity index (χ1v) is 9.89. The van der Waals surface area contributed by atoms with Crippen LogP contribution in [0.15, 0.2) is 66.0 Å². The summed E-state index contributed by atoms with van der Waals surface area (Å²) in [5.74, 6) is 0.181. The first-order chi connectivity index (χ1) is 13.7. The Balaban J connectivity index is 1.78. The zero-order valence-electron chi connectivity index (χ0n) is 16.3. The number of rotatable bonds is 5. The van der Waals surface area contributed by atoms with Gasteiger partial charge in [-0.1, -0.05) is 45.0 Å². The van der Waals surface area contributed by atoms with E-state index in [1.54, 1.807) is 11.3 Å². The highest BCUT2D eigenvalue weighted by Gasteiger charge is 2.31. The molecule has 0 radical (unpaired) electrons. The lowest BCUT2D eigenvalue weighted by molar-refractivity contribution is -0.384. The molecule has 2 aromatic carbocycles. The summed E-state index contributed by atoms with van der Waals surface area (Å²) in [7, 11) is 0. The van der Waals surface area contributed by atoms with Gasteiger partial charge in [0, 0.05) is 22.4 Å². The highest BCUT2D eigenvalue weighted by Crippen LogP contribution is 2.38. The quantitative estimate of drug-likeness (QED) is 0.204. The minimum atomic E-state index is -0.861. The van der Waals surface area contributed by atoms with E-state index in [1.807, 2.05) is 62.5 Å². The van der Waals surface area contributed by atoms with Crippen LogP contribution in [0.25, 0.3) is 10.4 Å². The molecule has 0 spiro atoms. The number of carbonyl (C=O) groups is 1. The van der Waals surface area contributed by atoms with E-state index in [1.165, 1.54) is 24.3 Å². The van der Waals surface area contributed by atoms with Gasteiger partial charge in [0.05, 0.1) is 4.92 Å². The summed E-state index contributed by atoms with van der Waals surface area (Å²) in [5, 5.41) is 12.7. The van der Waals surface area contributed by atoms with Gasteiger partial charge in [-0.2, -0.15) is 0 Å². The number of thiophene rings is 1. The third-order valence-electron chi connectivity index (χ3n) is 4.24. The molecule has 0 saturated heterocycles. The van der Waals surface area contributed by atoms with Crippen LogP contribution < -0.4 is 4.74 Å². The van der Waals surface area contributed by atoms with E-state index < -0.39 is 17.2 Å². The number of hydrogen-bond acceptors (Lipinski definition) is 6. The second-order valence-electron chi connectivity index (χ2n) is 7.57. The molecular weight excluding hydrogens is 390 g/mol. The molecule has 29 heavy (non-hydrogen) atoms. The van der Waals surface area contributed by atoms with Gasteiger partial charge in [0.15, 0.2) is 0 Å². The number of non-ortho nitro benzene ring substituents is 1. The Labute approximate surface area is 172 Å². The van der Waals surface area contributed by atoms with E-state index in [4.69, 9.17) is 9.47 Å². The van der Waals surface area contributed by atoms with E-state index in [0.29, 0.717) is 0 Å². The standard InChI is InChI=1S/C22H21NO5S/c1-22(2,3)20(16-7-4-6-15(14-16)19-8-5-13-29-19)28-21(24)27-18-11-9-17(10-12-18)23(25)26/h4-14,20H,1-3H3. The molecule has 0 bridgehead atoms. The van der Waals surface area contributed by atoms with Crippen LogP contribution in [0.2, 0.25) is 0 Å². The Morgan fingerprint density at radius 3 is 2.38 bits per heavy atom. The number of carbonyl (C=O) groups excluding carboxylic acids is 1. The molecular formula is C22H21NO5S. The summed E-state index contributed by atoms with van der Waals surface area (Å²) < 4.78 is 10.9. The van der Waals surface area contributed by atoms with Crippen molar-refractivity contribution in [3.05, 3.63) is 81.7 Å². The Bertz CT molecular complexity index is 991. The Morgan fingerprint density at radius 1 is 1.07 bits per heavy atom. The van der Waals surface area contributed by atoms with E-state index in [-0.39, 0.29) is 16.9 Å². The molecule has 0 fully saturated rings. The molecule has 1 unspecified atom stereocenters. The molecule has 150 valence electrons. The molecule has 1 aromatic heterocycles. The highest BCUT2D eigenvalue weighted by atomic mass is 32.1. The molecule has 0 N–H and O–H groups in total. The van der Waals surface area contributed by atoms with E-state index >= 15 is 0 Å². The summed E-state index contributed by atoms with van der Waals surface area (Å²) in [4.78, 5) is 23.7. The summed E-state index contributed by atoms with van der Waals surface area (Å²) >= 11 is 1.64. The minimum Gasteiger partial charge on any atom is -0.425 e. The lowest BCUT2D eigenvalue weighted by Crippen LogP contribution is -2.25. The predicted molar refractivity (Wildman–Crippen MR) is 112 cm³/mol. The van der Waals surface area contributed by atoms with Crippen LogP contribution in [0.4, 0.5) is 10.5 Å². The van der Waals surface area contributed by atoms with Crippen LogP contribution in [0.3, 0.4) is 0 Å². The molecule has 1 heterocycles. The third kappa shape index (κ3) is 5.20. The molecule has 3 aromatic rings. The van der Waals surface area contributed by atoms with Gasteiger partial charge in [-0.3, -0.25) is 10.1 Å². The van der Waals surface area contributed by atoms with Gasteiger partial charge in [-0.25, -0.2) is 4.79 Å². The van der Waals surface area contributed by atoms with Crippen molar-refractivity contribution >= 4 is 23.2 Å². The summed E-state index contributed by atoms with van der Waals surface area (Å²) in [6.07, 6.45) is -1.40. The van der Waals surface area contributed by atoms with Gasteiger partial charge in [-0.05, 0) is 40.8 Å². The van der Waals surface area contributed by atoms with Crippen LogP contribution in [0, 0.1) is 15.5 Å². The monoisotopic (exact) mass is 411 g/mol. The van der Waals surface area contributed by atoms with Gasteiger partial charge >= 0.3 is 6.16 Å². The number of nitrogens with zero attached hydrogens (tertiary/aromatic N) is 1. The number of ether oxygens (including phenoxy) is 2. The van der Waals surface area contributed by atoms with E-state index in [9.17, 15) is 14.9 Å². The maximum absolute atomic E-state index is 12.4. The molecule has 1 atom stereocenters. The third-order valence-corrected chi connectivity index (χ3v) is 5.16. The minimum absolute atomic E-state index is 0.0799. The van der Waals surface area contributed by atoms with Gasteiger partial charge in [-0.15, -0.1) is 11.3 Å². The predicted octanol–water partition coefficient (Wildman–Crippen LogP) is 6.63. The highest BCUT2D eigenvalue weighted by molar-refractivity contribution is 7.13. The number of nitro groups is 1. The molecule has 0 aliphatic carbocycles. The first kappa shape index (κ1) is 20.5. The van der Waals surface area contributed by atoms with Crippen LogP contribution in [-0.4, -0.2) is 11.1 Å². The van der Waals surface area contributed by atoms with Gasteiger partial charge in [0.1, 0.15) is 11.9 Å². The van der Waals surface area contributed by atoms with Crippen LogP contribution in [0.5, 0.6) is 5.75 Å². The number of hydrogen-bond donors (Lipinski definition) is 0. The van der Waals surface area contributed by atoms with Gasteiger partial charge < -0.3 is 9.47 Å². The van der Waals surface area contributed by atoms with Crippen molar-refractivity contribution in [1.82, 2.24) is 0 Å². The van der Waals surface area contributed by atoms with Crippen molar-refractivity contribution < 1.29 is 19.2 Å². The smallest absolute Gasteiger partial charge is 0.425 e. The zero-order chi connectivity index (χ0) is 21.0. The lowest BCUT2D eigenvalue weighted by Gasteiger charge is -2.30. The number of nitro benzene ring substituents is 1. The average molecular weight is 411 g/mol. The fourth-order valence-electron chi connectivity index (χ4n) is 2.90. The van der Waals surface area contributed by atoms with E-state index in [0.717, 1.165) is 16.0 Å². The SMILES string of the molecule is CC(C)(C)C(OC(=O)Oc1ccc([N+](=O)[O-])cc1)c1cccc(-c2cccs2)c1. The van der Waals surface area contributed by atoms with Crippen molar-refractivity contribution in [1.29, 1.82) is 0 Å². The van der Waals surface area contributed by atoms with Crippen molar-refractivity contribution in [3.8, 4) is 16.2 Å². The fourth-order valence-corrected chi connectivity index (χ4v) is 3.62. The molecule has 3 rings (SSSR count). The molecule has 0 amide bonds. The molecule has 6 nitrogen and oxygen atoms in total. The topological polar surface area (TPSA) is 78.7 Å². The summed E-state index contributed by atoms with van der Waals surface area (Å²) in [6.45, 7) is 5.94. The largest absolute Gasteiger partial charge is 0.514 e. The van der Waals surface area contributed by atoms with Crippen molar-refractivity contribution in [2.45, 2.75) is 26.9 Å². The van der Waals surface area contributed by atoms with Crippen LogP contribution >= 0.6 is 11.3 Å². The van der Waals surface area contributed by atoms with Crippen molar-refractivity contribution in [2.75, 3.05) is 0 Å². The zero-order valence-corrected chi connectivity index (χ0v) is 17.1. The Hall–Kier alpha value is -3.19. The second kappa shape index (κ2) is 8.45. The molecule has 0 aliphatic rings. The second-order valence-corrected chi connectivity index (χ2v) is 8.52. The first-order valence-electron chi connectivity index (χ1n) is 9.01. The Kier molecular flexibility index (Phi) is 5.98. The van der Waals surface area contributed by atoms with Crippen molar-refractivity contribution in [3.63, 3.8) is 0 Å². The summed E-state index contributed by atoms with van der Waals surface area (Å²) in [5.41, 5.74) is 1.47. The maximum atomic E-state index is 12.4. The average Bonchev–Trinajstić information content (AvgIpc) is 3.20. The van der Waals surface area contributed by atoms with Gasteiger partial charge in [0.2, 0.25) is 0 Å². The normalized spacial score (nSPS) is 12.2. The van der Waals surface area contributed by atoms with Gasteiger partial charge in [0.25, 0.3) is 5.69 Å². The van der Waals surface area contributed by atoms with E-state index in [2.05, 4.69) is 0 Å². The fraction of sp³-hybridized carbons (Fsp3) is 0.227. The maximum Gasteiger partial charge on any atom is 0.514 e. The Morgan fingerprint density at radius 2 is 1.79 bits per heavy atom. The molecule has 0 saturated carbocycles. The summed E-state index contributed by atoms with van der Waals surface area (Å²) in [6, 6.07) is 17.2. The molecule has 7 heteroatoms. The van der Waals surface area contributed by atoms with Crippen LogP contribution in [-0.2, 0) is 4.74 Å². The number of benzene rings is 2. The lowest BCUT2D eigenvalue weighted by atomic mass is 9.84.